The Morgan fingerprint density at radius 2 is 1.58 bits per heavy atom. The summed E-state index contributed by atoms with van der Waals surface area (Å²) in [5.41, 5.74) is -5.08. The molecule has 2 aromatic carbocycles. The average Bonchev–Trinajstić information content (AvgIpc) is 2.55. The second kappa shape index (κ2) is 6.85. The van der Waals surface area contributed by atoms with E-state index in [-0.39, 0.29) is 5.56 Å². The fraction of sp³-hybridized carbons (Fsp3) is 0.278. The standard InChI is InChI=1S/C18H17ClF3NO/c1-17(2,16(24)23-14-6-4-3-5-7-14)18(22,15(20)21)12-8-10-13(19)11-9-12/h3-11,15H,1-2H3,(H,23,24). The summed E-state index contributed by atoms with van der Waals surface area (Å²) in [4.78, 5) is 12.5. The third-order valence-corrected chi connectivity index (χ3v) is 4.33. The highest BCUT2D eigenvalue weighted by Crippen LogP contribution is 2.48. The first-order chi connectivity index (χ1) is 11.2. The van der Waals surface area contributed by atoms with Crippen LogP contribution >= 0.6 is 11.6 Å². The molecule has 0 saturated heterocycles. The van der Waals surface area contributed by atoms with E-state index in [1.54, 1.807) is 30.3 Å². The molecule has 1 unspecified atom stereocenters. The van der Waals surface area contributed by atoms with Crippen LogP contribution in [0.3, 0.4) is 0 Å². The normalized spacial score (nSPS) is 14.3. The number of carbonyl (C=O) groups excluding carboxylic acids is 1. The van der Waals surface area contributed by atoms with E-state index in [1.165, 1.54) is 24.3 Å². The fourth-order valence-corrected chi connectivity index (χ4v) is 2.55. The number of amides is 1. The van der Waals surface area contributed by atoms with Crippen molar-refractivity contribution in [2.45, 2.75) is 25.9 Å². The van der Waals surface area contributed by atoms with Crippen LogP contribution in [-0.4, -0.2) is 12.3 Å². The van der Waals surface area contributed by atoms with E-state index in [9.17, 15) is 13.6 Å². The number of para-hydroxylation sites is 1. The van der Waals surface area contributed by atoms with Crippen molar-refractivity contribution in [1.29, 1.82) is 0 Å². The molecule has 0 aromatic heterocycles. The van der Waals surface area contributed by atoms with Crippen LogP contribution in [0, 0.1) is 5.41 Å². The molecule has 0 bridgehead atoms. The summed E-state index contributed by atoms with van der Waals surface area (Å²) in [6.45, 7) is 2.32. The maximum atomic E-state index is 15.5. The molecule has 0 aliphatic heterocycles. The minimum Gasteiger partial charge on any atom is -0.326 e. The van der Waals surface area contributed by atoms with E-state index in [0.717, 1.165) is 13.8 Å². The molecule has 2 rings (SSSR count). The lowest BCUT2D eigenvalue weighted by atomic mass is 9.71. The molecule has 24 heavy (non-hydrogen) atoms. The quantitative estimate of drug-likeness (QED) is 0.760. The number of halogens is 4. The largest absolute Gasteiger partial charge is 0.326 e. The van der Waals surface area contributed by atoms with Gasteiger partial charge in [-0.05, 0) is 43.7 Å². The van der Waals surface area contributed by atoms with Crippen molar-refractivity contribution in [2.75, 3.05) is 5.32 Å². The van der Waals surface area contributed by atoms with Gasteiger partial charge in [-0.15, -0.1) is 0 Å². The van der Waals surface area contributed by atoms with E-state index in [2.05, 4.69) is 5.32 Å². The van der Waals surface area contributed by atoms with Crippen molar-refractivity contribution in [1.82, 2.24) is 0 Å². The predicted molar refractivity (Wildman–Crippen MR) is 89.1 cm³/mol. The first kappa shape index (κ1) is 18.3. The zero-order chi connectivity index (χ0) is 18.0. The number of hydrogen-bond donors (Lipinski definition) is 1. The van der Waals surface area contributed by atoms with Crippen LogP contribution in [0.5, 0.6) is 0 Å². The lowest BCUT2D eigenvalue weighted by Gasteiger charge is -2.38. The highest BCUT2D eigenvalue weighted by molar-refractivity contribution is 6.30. The first-order valence-corrected chi connectivity index (χ1v) is 7.67. The molecule has 0 aliphatic carbocycles. The zero-order valence-electron chi connectivity index (χ0n) is 13.2. The molecule has 0 saturated carbocycles. The van der Waals surface area contributed by atoms with E-state index in [0.29, 0.717) is 10.7 Å². The Labute approximate surface area is 143 Å². The maximum absolute atomic E-state index is 15.5. The van der Waals surface area contributed by atoms with Crippen LogP contribution in [0.1, 0.15) is 19.4 Å². The van der Waals surface area contributed by atoms with E-state index >= 15 is 4.39 Å². The smallest absolute Gasteiger partial charge is 0.277 e. The minimum absolute atomic E-state index is 0.293. The van der Waals surface area contributed by atoms with Crippen molar-refractivity contribution >= 4 is 23.2 Å². The van der Waals surface area contributed by atoms with Crippen LogP contribution in [0.2, 0.25) is 5.02 Å². The van der Waals surface area contributed by atoms with Crippen molar-refractivity contribution in [3.8, 4) is 0 Å². The molecule has 0 spiro atoms. The summed E-state index contributed by atoms with van der Waals surface area (Å²) in [6.07, 6.45) is -3.39. The van der Waals surface area contributed by atoms with Gasteiger partial charge in [0.1, 0.15) is 0 Å². The predicted octanol–water partition coefficient (Wildman–Crippen LogP) is 5.43. The second-order valence-electron chi connectivity index (χ2n) is 5.96. The zero-order valence-corrected chi connectivity index (χ0v) is 13.9. The number of alkyl halides is 3. The van der Waals surface area contributed by atoms with Gasteiger partial charge in [0.2, 0.25) is 11.6 Å². The van der Waals surface area contributed by atoms with Crippen LogP contribution in [-0.2, 0) is 10.5 Å². The van der Waals surface area contributed by atoms with Crippen LogP contribution < -0.4 is 5.32 Å². The SMILES string of the molecule is CC(C)(C(=O)Nc1ccccc1)C(F)(c1ccc(Cl)cc1)C(F)F. The average molecular weight is 356 g/mol. The molecule has 2 nitrogen and oxygen atoms in total. The van der Waals surface area contributed by atoms with Crippen molar-refractivity contribution in [3.05, 3.63) is 65.2 Å². The highest BCUT2D eigenvalue weighted by atomic mass is 35.5. The lowest BCUT2D eigenvalue weighted by Crippen LogP contribution is -2.51. The Kier molecular flexibility index (Phi) is 5.23. The number of rotatable bonds is 5. The van der Waals surface area contributed by atoms with Gasteiger partial charge >= 0.3 is 0 Å². The summed E-state index contributed by atoms with van der Waals surface area (Å²) in [6, 6.07) is 13.3. The molecule has 0 aliphatic rings. The van der Waals surface area contributed by atoms with Gasteiger partial charge in [0.25, 0.3) is 6.43 Å². The molecule has 1 atom stereocenters. The van der Waals surface area contributed by atoms with Gasteiger partial charge in [-0.3, -0.25) is 4.79 Å². The Balaban J connectivity index is 2.41. The molecule has 1 amide bonds. The molecule has 0 radical (unpaired) electrons. The monoisotopic (exact) mass is 355 g/mol. The molecule has 1 N–H and O–H groups in total. The maximum Gasteiger partial charge on any atom is 0.277 e. The summed E-state index contributed by atoms with van der Waals surface area (Å²) in [5.74, 6) is -0.841. The number of carbonyl (C=O) groups is 1. The lowest BCUT2D eigenvalue weighted by molar-refractivity contribution is -0.151. The molecular weight excluding hydrogens is 339 g/mol. The number of hydrogen-bond acceptors (Lipinski definition) is 1. The fourth-order valence-electron chi connectivity index (χ4n) is 2.43. The first-order valence-electron chi connectivity index (χ1n) is 7.29. The van der Waals surface area contributed by atoms with E-state index in [1.807, 2.05) is 0 Å². The Hall–Kier alpha value is -2.01. The summed E-state index contributed by atoms with van der Waals surface area (Å²) >= 11 is 5.74. The van der Waals surface area contributed by atoms with Crippen molar-refractivity contribution in [3.63, 3.8) is 0 Å². The van der Waals surface area contributed by atoms with Crippen molar-refractivity contribution in [2.24, 2.45) is 5.41 Å². The Morgan fingerprint density at radius 1 is 1.04 bits per heavy atom. The summed E-state index contributed by atoms with van der Waals surface area (Å²) < 4.78 is 42.8. The second-order valence-corrected chi connectivity index (χ2v) is 6.40. The summed E-state index contributed by atoms with van der Waals surface area (Å²) in [7, 11) is 0. The van der Waals surface area contributed by atoms with Gasteiger partial charge in [-0.1, -0.05) is 41.9 Å². The summed E-state index contributed by atoms with van der Waals surface area (Å²) in [5, 5.41) is 2.78. The minimum atomic E-state index is -3.39. The van der Waals surface area contributed by atoms with E-state index in [4.69, 9.17) is 11.6 Å². The molecular formula is C18H17ClF3NO. The third kappa shape index (κ3) is 3.26. The molecule has 0 fully saturated rings. The van der Waals surface area contributed by atoms with Gasteiger partial charge < -0.3 is 5.32 Å². The van der Waals surface area contributed by atoms with Gasteiger partial charge in [-0.2, -0.15) is 0 Å². The number of nitrogens with one attached hydrogen (secondary N) is 1. The Bertz CT molecular complexity index is 704. The highest BCUT2D eigenvalue weighted by Gasteiger charge is 2.58. The molecule has 0 heterocycles. The number of benzene rings is 2. The van der Waals surface area contributed by atoms with Crippen LogP contribution in [0.15, 0.2) is 54.6 Å². The van der Waals surface area contributed by atoms with Crippen LogP contribution in [0.4, 0.5) is 18.9 Å². The molecule has 128 valence electrons. The molecule has 2 aromatic rings. The van der Waals surface area contributed by atoms with Crippen LogP contribution in [0.25, 0.3) is 0 Å². The van der Waals surface area contributed by atoms with Crippen molar-refractivity contribution < 1.29 is 18.0 Å². The Morgan fingerprint density at radius 3 is 2.08 bits per heavy atom. The van der Waals surface area contributed by atoms with Gasteiger partial charge in [-0.25, -0.2) is 13.2 Å². The van der Waals surface area contributed by atoms with Gasteiger partial charge in [0, 0.05) is 10.7 Å². The van der Waals surface area contributed by atoms with E-state index < -0.39 is 23.4 Å². The number of anilines is 1. The van der Waals surface area contributed by atoms with Gasteiger partial charge in [0.15, 0.2) is 0 Å². The topological polar surface area (TPSA) is 29.1 Å². The molecule has 6 heteroatoms. The third-order valence-electron chi connectivity index (χ3n) is 4.07. The van der Waals surface area contributed by atoms with Gasteiger partial charge in [0.05, 0.1) is 5.41 Å².